The maximum atomic E-state index is 12.9. The van der Waals surface area contributed by atoms with Gasteiger partial charge in [0, 0.05) is 5.56 Å². The molecule has 1 heterocycles. The van der Waals surface area contributed by atoms with Gasteiger partial charge in [-0.25, -0.2) is 0 Å². The number of carbonyl (C=O) groups is 1. The van der Waals surface area contributed by atoms with Crippen LogP contribution in [0.3, 0.4) is 0 Å². The predicted molar refractivity (Wildman–Crippen MR) is 98.7 cm³/mol. The van der Waals surface area contributed by atoms with Crippen molar-refractivity contribution in [1.29, 1.82) is 0 Å². The minimum absolute atomic E-state index is 0.137. The molecule has 1 atom stereocenters. The monoisotopic (exact) mass is 354 g/mol. The molecule has 0 fully saturated rings. The molecule has 3 rings (SSSR count). The van der Waals surface area contributed by atoms with Crippen molar-refractivity contribution in [1.82, 2.24) is 10.5 Å². The van der Waals surface area contributed by atoms with Crippen molar-refractivity contribution in [2.75, 3.05) is 0 Å². The zero-order valence-corrected chi connectivity index (χ0v) is 15.1. The zero-order valence-electron chi connectivity index (χ0n) is 14.3. The number of aryl methyl sites for hydroxylation is 2. The van der Waals surface area contributed by atoms with Gasteiger partial charge < -0.3 is 9.84 Å². The van der Waals surface area contributed by atoms with Crippen LogP contribution in [0.4, 0.5) is 0 Å². The molecule has 1 amide bonds. The Morgan fingerprint density at radius 2 is 1.80 bits per heavy atom. The third kappa shape index (κ3) is 3.44. The number of hydrogen-bond donors (Lipinski definition) is 1. The number of benzene rings is 2. The maximum Gasteiger partial charge on any atom is 0.257 e. The van der Waals surface area contributed by atoms with E-state index in [9.17, 15) is 4.79 Å². The fraction of sp³-hybridized carbons (Fsp3) is 0.200. The number of nitrogens with zero attached hydrogens (tertiary/aromatic N) is 1. The van der Waals surface area contributed by atoms with Crippen LogP contribution in [0.5, 0.6) is 0 Å². The van der Waals surface area contributed by atoms with Gasteiger partial charge in [0.05, 0.1) is 11.1 Å². The summed E-state index contributed by atoms with van der Waals surface area (Å²) in [6, 6.07) is 15.1. The average molecular weight is 355 g/mol. The van der Waals surface area contributed by atoms with Gasteiger partial charge in [-0.05, 0) is 38.0 Å². The van der Waals surface area contributed by atoms with E-state index < -0.39 is 0 Å². The first kappa shape index (κ1) is 17.2. The summed E-state index contributed by atoms with van der Waals surface area (Å²) in [5.41, 5.74) is 3.74. The SMILES string of the molecule is Cc1ccccc1C(C)NC(=O)c1c(-c2ccccc2Cl)noc1C. The highest BCUT2D eigenvalue weighted by atomic mass is 35.5. The number of rotatable bonds is 4. The summed E-state index contributed by atoms with van der Waals surface area (Å²) in [5, 5.41) is 7.60. The van der Waals surface area contributed by atoms with Crippen LogP contribution in [0.2, 0.25) is 5.02 Å². The number of aromatic nitrogens is 1. The smallest absolute Gasteiger partial charge is 0.257 e. The first-order valence-electron chi connectivity index (χ1n) is 8.06. The highest BCUT2D eigenvalue weighted by molar-refractivity contribution is 6.33. The van der Waals surface area contributed by atoms with Crippen LogP contribution in [0.25, 0.3) is 11.3 Å². The number of hydrogen-bond acceptors (Lipinski definition) is 3. The van der Waals surface area contributed by atoms with Gasteiger partial charge >= 0.3 is 0 Å². The van der Waals surface area contributed by atoms with E-state index in [0.29, 0.717) is 27.6 Å². The fourth-order valence-corrected chi connectivity index (χ4v) is 3.12. The molecule has 5 heteroatoms. The molecule has 0 aliphatic carbocycles. The van der Waals surface area contributed by atoms with Crippen LogP contribution in [-0.4, -0.2) is 11.1 Å². The van der Waals surface area contributed by atoms with Crippen LogP contribution in [0.15, 0.2) is 53.1 Å². The van der Waals surface area contributed by atoms with Gasteiger partial charge in [0.2, 0.25) is 0 Å². The summed E-state index contributed by atoms with van der Waals surface area (Å²) < 4.78 is 5.27. The van der Waals surface area contributed by atoms with Crippen molar-refractivity contribution >= 4 is 17.5 Å². The molecule has 25 heavy (non-hydrogen) atoms. The molecule has 0 spiro atoms. The Morgan fingerprint density at radius 3 is 2.52 bits per heavy atom. The van der Waals surface area contributed by atoms with Gasteiger partial charge in [0.15, 0.2) is 0 Å². The summed E-state index contributed by atoms with van der Waals surface area (Å²) in [5.74, 6) is 0.230. The van der Waals surface area contributed by atoms with Gasteiger partial charge in [-0.3, -0.25) is 4.79 Å². The Morgan fingerprint density at radius 1 is 1.12 bits per heavy atom. The number of carbonyl (C=O) groups excluding carboxylic acids is 1. The summed E-state index contributed by atoms with van der Waals surface area (Å²) in [4.78, 5) is 12.9. The fourth-order valence-electron chi connectivity index (χ4n) is 2.90. The summed E-state index contributed by atoms with van der Waals surface area (Å²) >= 11 is 6.25. The standard InChI is InChI=1S/C20H19ClN2O2/c1-12-8-4-5-9-15(12)13(2)22-20(24)18-14(3)25-23-19(18)16-10-6-7-11-17(16)21/h4-11,13H,1-3H3,(H,22,24). The van der Waals surface area contributed by atoms with Gasteiger partial charge in [-0.2, -0.15) is 0 Å². The maximum absolute atomic E-state index is 12.9. The lowest BCUT2D eigenvalue weighted by Crippen LogP contribution is -2.27. The van der Waals surface area contributed by atoms with Gasteiger partial charge in [0.1, 0.15) is 17.0 Å². The summed E-state index contributed by atoms with van der Waals surface area (Å²) in [6.45, 7) is 5.71. The van der Waals surface area contributed by atoms with Gasteiger partial charge in [-0.15, -0.1) is 0 Å². The van der Waals surface area contributed by atoms with E-state index in [2.05, 4.69) is 10.5 Å². The van der Waals surface area contributed by atoms with Crippen LogP contribution in [-0.2, 0) is 0 Å². The van der Waals surface area contributed by atoms with E-state index in [1.807, 2.05) is 56.3 Å². The Bertz CT molecular complexity index is 918. The van der Waals surface area contributed by atoms with Crippen LogP contribution < -0.4 is 5.32 Å². The molecule has 0 saturated carbocycles. The normalized spacial score (nSPS) is 12.0. The van der Waals surface area contributed by atoms with Crippen molar-refractivity contribution in [3.63, 3.8) is 0 Å². The van der Waals surface area contributed by atoms with Gasteiger partial charge in [-0.1, -0.05) is 59.2 Å². The van der Waals surface area contributed by atoms with Gasteiger partial charge in [0.25, 0.3) is 5.91 Å². The predicted octanol–water partition coefficient (Wildman–Crippen LogP) is 5.10. The summed E-state index contributed by atoms with van der Waals surface area (Å²) in [6.07, 6.45) is 0. The van der Waals surface area contributed by atoms with E-state index in [-0.39, 0.29) is 11.9 Å². The highest BCUT2D eigenvalue weighted by Crippen LogP contribution is 2.31. The minimum atomic E-state index is -0.232. The molecule has 0 saturated heterocycles. The molecule has 0 aliphatic rings. The molecular formula is C20H19ClN2O2. The topological polar surface area (TPSA) is 55.1 Å². The average Bonchev–Trinajstić information content (AvgIpc) is 2.97. The van der Waals surface area contributed by atoms with Crippen LogP contribution in [0.1, 0.15) is 40.2 Å². The molecular weight excluding hydrogens is 336 g/mol. The van der Waals surface area contributed by atoms with E-state index in [1.54, 1.807) is 13.0 Å². The first-order chi connectivity index (χ1) is 12.0. The molecule has 1 N–H and O–H groups in total. The largest absolute Gasteiger partial charge is 0.360 e. The lowest BCUT2D eigenvalue weighted by atomic mass is 10.0. The molecule has 3 aromatic rings. The molecule has 4 nitrogen and oxygen atoms in total. The Hall–Kier alpha value is -2.59. The minimum Gasteiger partial charge on any atom is -0.360 e. The van der Waals surface area contributed by atoms with Crippen LogP contribution >= 0.6 is 11.6 Å². The second-order valence-electron chi connectivity index (χ2n) is 5.99. The van der Waals surface area contributed by atoms with E-state index in [0.717, 1.165) is 11.1 Å². The zero-order chi connectivity index (χ0) is 18.0. The molecule has 1 aromatic heterocycles. The van der Waals surface area contributed by atoms with Crippen molar-refractivity contribution in [2.45, 2.75) is 26.8 Å². The quantitative estimate of drug-likeness (QED) is 0.708. The van der Waals surface area contributed by atoms with E-state index in [1.165, 1.54) is 0 Å². The second kappa shape index (κ2) is 7.11. The van der Waals surface area contributed by atoms with Crippen molar-refractivity contribution < 1.29 is 9.32 Å². The number of halogens is 1. The first-order valence-corrected chi connectivity index (χ1v) is 8.44. The van der Waals surface area contributed by atoms with Crippen molar-refractivity contribution in [2.24, 2.45) is 0 Å². The molecule has 0 bridgehead atoms. The van der Waals surface area contributed by atoms with Crippen molar-refractivity contribution in [3.05, 3.63) is 76.0 Å². The second-order valence-corrected chi connectivity index (χ2v) is 6.40. The molecule has 128 valence electrons. The Balaban J connectivity index is 1.92. The lowest BCUT2D eigenvalue weighted by molar-refractivity contribution is 0.0939. The van der Waals surface area contributed by atoms with E-state index in [4.69, 9.17) is 16.1 Å². The Labute approximate surface area is 151 Å². The highest BCUT2D eigenvalue weighted by Gasteiger charge is 2.24. The number of nitrogens with one attached hydrogen (secondary N) is 1. The molecule has 0 radical (unpaired) electrons. The third-order valence-corrected chi connectivity index (χ3v) is 4.55. The lowest BCUT2D eigenvalue weighted by Gasteiger charge is -2.16. The third-order valence-electron chi connectivity index (χ3n) is 4.22. The van der Waals surface area contributed by atoms with E-state index >= 15 is 0 Å². The molecule has 0 aliphatic heterocycles. The molecule has 1 unspecified atom stereocenters. The Kier molecular flexibility index (Phi) is 4.91. The van der Waals surface area contributed by atoms with Crippen LogP contribution in [0, 0.1) is 13.8 Å². The summed E-state index contributed by atoms with van der Waals surface area (Å²) in [7, 11) is 0. The number of amides is 1. The van der Waals surface area contributed by atoms with Crippen molar-refractivity contribution in [3.8, 4) is 11.3 Å². The molecule has 2 aromatic carbocycles.